The van der Waals surface area contributed by atoms with Gasteiger partial charge in [0.05, 0.1) is 16.3 Å². The SMILES string of the molecule is CC1CCCCN1S(=O)(=O)c1ccc(N)c(N)c1. The molecule has 1 aromatic carbocycles. The van der Waals surface area contributed by atoms with Gasteiger partial charge in [-0.25, -0.2) is 8.42 Å². The van der Waals surface area contributed by atoms with Crippen molar-refractivity contribution in [3.8, 4) is 0 Å². The number of sulfonamides is 1. The molecule has 6 heteroatoms. The number of benzene rings is 1. The van der Waals surface area contributed by atoms with Crippen molar-refractivity contribution in [2.75, 3.05) is 18.0 Å². The van der Waals surface area contributed by atoms with Crippen LogP contribution in [0.15, 0.2) is 23.1 Å². The highest BCUT2D eigenvalue weighted by molar-refractivity contribution is 7.89. The van der Waals surface area contributed by atoms with Crippen LogP contribution in [0.2, 0.25) is 0 Å². The zero-order valence-corrected chi connectivity index (χ0v) is 11.3. The minimum absolute atomic E-state index is 0.0440. The van der Waals surface area contributed by atoms with Crippen molar-refractivity contribution in [1.82, 2.24) is 4.31 Å². The number of nitrogen functional groups attached to an aromatic ring is 2. The van der Waals surface area contributed by atoms with Gasteiger partial charge >= 0.3 is 0 Å². The molecule has 0 aromatic heterocycles. The van der Waals surface area contributed by atoms with E-state index in [2.05, 4.69) is 0 Å². The summed E-state index contributed by atoms with van der Waals surface area (Å²) in [5, 5.41) is 0. The van der Waals surface area contributed by atoms with E-state index in [0.717, 1.165) is 19.3 Å². The highest BCUT2D eigenvalue weighted by Gasteiger charge is 2.31. The van der Waals surface area contributed by atoms with E-state index in [4.69, 9.17) is 11.5 Å². The minimum atomic E-state index is -3.45. The number of nitrogens with zero attached hydrogens (tertiary/aromatic N) is 1. The average molecular weight is 269 g/mol. The normalized spacial score (nSPS) is 21.9. The van der Waals surface area contributed by atoms with Crippen LogP contribution in [0.3, 0.4) is 0 Å². The summed E-state index contributed by atoms with van der Waals surface area (Å²) >= 11 is 0. The quantitative estimate of drug-likeness (QED) is 0.794. The number of rotatable bonds is 2. The smallest absolute Gasteiger partial charge is 0.243 e. The predicted molar refractivity (Wildman–Crippen MR) is 72.5 cm³/mol. The maximum Gasteiger partial charge on any atom is 0.243 e. The molecule has 1 saturated heterocycles. The largest absolute Gasteiger partial charge is 0.397 e. The van der Waals surface area contributed by atoms with Gasteiger partial charge in [0.1, 0.15) is 0 Å². The summed E-state index contributed by atoms with van der Waals surface area (Å²) in [4.78, 5) is 0.225. The van der Waals surface area contributed by atoms with Crippen LogP contribution >= 0.6 is 0 Å². The number of anilines is 2. The van der Waals surface area contributed by atoms with Gasteiger partial charge in [0.15, 0.2) is 0 Å². The Bertz CT molecular complexity index is 542. The fourth-order valence-electron chi connectivity index (χ4n) is 2.28. The molecule has 100 valence electrons. The lowest BCUT2D eigenvalue weighted by atomic mass is 10.1. The highest BCUT2D eigenvalue weighted by Crippen LogP contribution is 2.27. The van der Waals surface area contributed by atoms with Gasteiger partial charge in [0, 0.05) is 12.6 Å². The fraction of sp³-hybridized carbons (Fsp3) is 0.500. The monoisotopic (exact) mass is 269 g/mol. The van der Waals surface area contributed by atoms with Crippen LogP contribution in [-0.4, -0.2) is 25.3 Å². The lowest BCUT2D eigenvalue weighted by molar-refractivity contribution is 0.268. The van der Waals surface area contributed by atoms with Gasteiger partial charge < -0.3 is 11.5 Å². The van der Waals surface area contributed by atoms with E-state index in [9.17, 15) is 8.42 Å². The number of nitrogens with two attached hydrogens (primary N) is 2. The summed E-state index contributed by atoms with van der Waals surface area (Å²) in [6.45, 7) is 2.52. The molecule has 1 aliphatic heterocycles. The van der Waals surface area contributed by atoms with E-state index in [0.29, 0.717) is 17.9 Å². The number of hydrogen-bond donors (Lipinski definition) is 2. The molecule has 1 aromatic rings. The standard InChI is InChI=1S/C12H19N3O2S/c1-9-4-2-3-7-15(9)18(16,17)10-5-6-11(13)12(14)8-10/h5-6,8-9H,2-4,7,13-14H2,1H3. The van der Waals surface area contributed by atoms with Crippen molar-refractivity contribution in [3.05, 3.63) is 18.2 Å². The molecule has 0 saturated carbocycles. The lowest BCUT2D eigenvalue weighted by Gasteiger charge is -2.32. The predicted octanol–water partition coefficient (Wildman–Crippen LogP) is 1.41. The van der Waals surface area contributed by atoms with Crippen molar-refractivity contribution in [2.24, 2.45) is 0 Å². The van der Waals surface area contributed by atoms with Gasteiger partial charge in [-0.1, -0.05) is 6.42 Å². The highest BCUT2D eigenvalue weighted by atomic mass is 32.2. The van der Waals surface area contributed by atoms with E-state index >= 15 is 0 Å². The Morgan fingerprint density at radius 1 is 1.22 bits per heavy atom. The van der Waals surface area contributed by atoms with E-state index in [1.165, 1.54) is 18.2 Å². The van der Waals surface area contributed by atoms with E-state index in [-0.39, 0.29) is 10.9 Å². The Balaban J connectivity index is 2.37. The fourth-order valence-corrected chi connectivity index (χ4v) is 4.01. The maximum atomic E-state index is 12.5. The first-order valence-corrected chi connectivity index (χ1v) is 7.54. The first-order valence-electron chi connectivity index (χ1n) is 6.10. The minimum Gasteiger partial charge on any atom is -0.397 e. The summed E-state index contributed by atoms with van der Waals surface area (Å²) < 4.78 is 26.5. The molecule has 1 atom stereocenters. The Labute approximate surface area is 108 Å². The van der Waals surface area contributed by atoms with Crippen LogP contribution in [0, 0.1) is 0 Å². The molecule has 0 aliphatic carbocycles. The van der Waals surface area contributed by atoms with Crippen molar-refractivity contribution < 1.29 is 8.42 Å². The van der Waals surface area contributed by atoms with E-state index < -0.39 is 10.0 Å². The molecule has 4 N–H and O–H groups in total. The summed E-state index contributed by atoms with van der Waals surface area (Å²) in [7, 11) is -3.45. The third kappa shape index (κ3) is 2.30. The first-order chi connectivity index (χ1) is 8.43. The molecule has 5 nitrogen and oxygen atoms in total. The number of hydrogen-bond acceptors (Lipinski definition) is 4. The summed E-state index contributed by atoms with van der Waals surface area (Å²) in [5.41, 5.74) is 12.0. The van der Waals surface area contributed by atoms with Gasteiger partial charge in [-0.2, -0.15) is 4.31 Å². The van der Waals surface area contributed by atoms with Crippen LogP contribution in [-0.2, 0) is 10.0 Å². The molecule has 18 heavy (non-hydrogen) atoms. The van der Waals surface area contributed by atoms with Crippen LogP contribution in [0.5, 0.6) is 0 Å². The molecule has 0 bridgehead atoms. The second kappa shape index (κ2) is 4.78. The van der Waals surface area contributed by atoms with Crippen LogP contribution in [0.1, 0.15) is 26.2 Å². The number of piperidine rings is 1. The molecule has 1 unspecified atom stereocenters. The topological polar surface area (TPSA) is 89.4 Å². The van der Waals surface area contributed by atoms with Crippen LogP contribution < -0.4 is 11.5 Å². The Morgan fingerprint density at radius 3 is 2.56 bits per heavy atom. The molecule has 1 fully saturated rings. The van der Waals surface area contributed by atoms with Crippen molar-refractivity contribution in [2.45, 2.75) is 37.1 Å². The van der Waals surface area contributed by atoms with Gasteiger partial charge in [-0.3, -0.25) is 0 Å². The Morgan fingerprint density at radius 2 is 1.94 bits per heavy atom. The maximum absolute atomic E-state index is 12.5. The van der Waals surface area contributed by atoms with Gasteiger partial charge in [0.2, 0.25) is 10.0 Å². The lowest BCUT2D eigenvalue weighted by Crippen LogP contribution is -2.41. The summed E-state index contributed by atoms with van der Waals surface area (Å²) in [6.07, 6.45) is 2.90. The van der Waals surface area contributed by atoms with Gasteiger partial charge in [-0.15, -0.1) is 0 Å². The molecular formula is C12H19N3O2S. The molecule has 0 radical (unpaired) electrons. The Kier molecular flexibility index (Phi) is 3.49. The molecule has 1 aliphatic rings. The average Bonchev–Trinajstić information content (AvgIpc) is 2.33. The van der Waals surface area contributed by atoms with Crippen molar-refractivity contribution in [3.63, 3.8) is 0 Å². The van der Waals surface area contributed by atoms with Crippen LogP contribution in [0.25, 0.3) is 0 Å². The van der Waals surface area contributed by atoms with Crippen LogP contribution in [0.4, 0.5) is 11.4 Å². The molecule has 2 rings (SSSR count). The van der Waals surface area contributed by atoms with Crippen molar-refractivity contribution in [1.29, 1.82) is 0 Å². The summed E-state index contributed by atoms with van der Waals surface area (Å²) in [5.74, 6) is 0. The molecule has 0 amide bonds. The van der Waals surface area contributed by atoms with Crippen molar-refractivity contribution >= 4 is 21.4 Å². The zero-order chi connectivity index (χ0) is 13.3. The van der Waals surface area contributed by atoms with Gasteiger partial charge in [-0.05, 0) is 38.0 Å². The zero-order valence-electron chi connectivity index (χ0n) is 10.5. The summed E-state index contributed by atoms with van der Waals surface area (Å²) in [6, 6.07) is 4.54. The van der Waals surface area contributed by atoms with Gasteiger partial charge in [0.25, 0.3) is 0 Å². The molecule has 0 spiro atoms. The third-order valence-electron chi connectivity index (χ3n) is 3.41. The Hall–Kier alpha value is -1.27. The second-order valence-corrected chi connectivity index (χ2v) is 6.64. The van der Waals surface area contributed by atoms with E-state index in [1.807, 2.05) is 6.92 Å². The third-order valence-corrected chi connectivity index (χ3v) is 5.42. The van der Waals surface area contributed by atoms with E-state index in [1.54, 1.807) is 4.31 Å². The molecular weight excluding hydrogens is 250 g/mol. The molecule has 1 heterocycles. The second-order valence-electron chi connectivity index (χ2n) is 4.75. The first kappa shape index (κ1) is 13.2.